The van der Waals surface area contributed by atoms with Crippen LogP contribution in [0.5, 0.6) is 11.5 Å². The normalized spacial score (nSPS) is 14.0. The average molecular weight is 355 g/mol. The van der Waals surface area contributed by atoms with Crippen LogP contribution in [0.25, 0.3) is 11.1 Å². The van der Waals surface area contributed by atoms with E-state index in [9.17, 15) is 14.7 Å². The van der Waals surface area contributed by atoms with E-state index >= 15 is 0 Å². The number of rotatable bonds is 4. The maximum atomic E-state index is 12.3. The van der Waals surface area contributed by atoms with E-state index in [1.165, 1.54) is 6.07 Å². The fourth-order valence-corrected chi connectivity index (χ4v) is 3.19. The number of phenolic OH excluding ortho intramolecular Hbond substituents is 1. The van der Waals surface area contributed by atoms with E-state index in [0.717, 1.165) is 16.7 Å². The van der Waals surface area contributed by atoms with Crippen LogP contribution in [0.1, 0.15) is 41.8 Å². The van der Waals surface area contributed by atoms with Gasteiger partial charge in [-0.2, -0.15) is 0 Å². The van der Waals surface area contributed by atoms with Gasteiger partial charge in [0.15, 0.2) is 0 Å². The number of hydrogen-bond donors (Lipinski definition) is 3. The molecule has 1 amide bonds. The predicted octanol–water partition coefficient (Wildman–Crippen LogP) is 3.20. The summed E-state index contributed by atoms with van der Waals surface area (Å²) in [7, 11) is 0. The first-order valence-electron chi connectivity index (χ1n) is 8.36. The van der Waals surface area contributed by atoms with Crippen LogP contribution in [0.3, 0.4) is 0 Å². The van der Waals surface area contributed by atoms with Crippen LogP contribution in [-0.2, 0) is 10.4 Å². The molecule has 0 unspecified atom stereocenters. The van der Waals surface area contributed by atoms with E-state index < -0.39 is 17.5 Å². The molecule has 0 saturated heterocycles. The number of aromatic hydroxyl groups is 1. The van der Waals surface area contributed by atoms with Crippen LogP contribution >= 0.6 is 0 Å². The molecule has 3 N–H and O–H groups in total. The number of benzene rings is 2. The topological polar surface area (TPSA) is 95.9 Å². The fraction of sp³-hybridized carbons (Fsp3) is 0.300. The number of amides is 1. The highest BCUT2D eigenvalue weighted by atomic mass is 16.5. The maximum Gasteiger partial charge on any atom is 0.305 e. The number of phenols is 1. The van der Waals surface area contributed by atoms with Crippen LogP contribution in [0.2, 0.25) is 0 Å². The summed E-state index contributed by atoms with van der Waals surface area (Å²) < 4.78 is 6.07. The number of aryl methyl sites for hydroxylation is 1. The summed E-state index contributed by atoms with van der Waals surface area (Å²) in [6, 6.07) is 8.93. The predicted molar refractivity (Wildman–Crippen MR) is 96.5 cm³/mol. The SMILES string of the molecule is Cc1ccc2c(c1)-c1c(O)cc(C(=O)NCCC(=O)O)cc1OC2(C)C. The molecule has 6 heteroatoms. The molecule has 1 heterocycles. The minimum Gasteiger partial charge on any atom is -0.507 e. The Hall–Kier alpha value is -3.02. The van der Waals surface area contributed by atoms with Gasteiger partial charge in [-0.15, -0.1) is 0 Å². The van der Waals surface area contributed by atoms with Crippen molar-refractivity contribution in [3.8, 4) is 22.6 Å². The minimum absolute atomic E-state index is 0.0143. The number of aliphatic carboxylic acids is 1. The van der Waals surface area contributed by atoms with Gasteiger partial charge in [0.05, 0.1) is 12.0 Å². The molecule has 1 aliphatic rings. The van der Waals surface area contributed by atoms with Crippen molar-refractivity contribution in [3.63, 3.8) is 0 Å². The van der Waals surface area contributed by atoms with Crippen molar-refractivity contribution in [2.24, 2.45) is 0 Å². The van der Waals surface area contributed by atoms with Gasteiger partial charge in [0, 0.05) is 17.7 Å². The Morgan fingerprint density at radius 3 is 2.62 bits per heavy atom. The lowest BCUT2D eigenvalue weighted by Crippen LogP contribution is -2.30. The molecule has 136 valence electrons. The highest BCUT2D eigenvalue weighted by Gasteiger charge is 2.34. The molecular formula is C20H21NO5. The third-order valence-electron chi connectivity index (χ3n) is 4.43. The van der Waals surface area contributed by atoms with Gasteiger partial charge >= 0.3 is 5.97 Å². The van der Waals surface area contributed by atoms with Gasteiger partial charge in [-0.05, 0) is 38.5 Å². The van der Waals surface area contributed by atoms with Crippen LogP contribution in [-0.4, -0.2) is 28.6 Å². The van der Waals surface area contributed by atoms with Crippen molar-refractivity contribution >= 4 is 11.9 Å². The molecule has 26 heavy (non-hydrogen) atoms. The van der Waals surface area contributed by atoms with E-state index in [4.69, 9.17) is 9.84 Å². The molecule has 0 aliphatic carbocycles. The van der Waals surface area contributed by atoms with Gasteiger partial charge < -0.3 is 20.3 Å². The number of carboxylic acids is 1. The molecule has 0 radical (unpaired) electrons. The summed E-state index contributed by atoms with van der Waals surface area (Å²) in [5.41, 5.74) is 3.07. The smallest absolute Gasteiger partial charge is 0.305 e. The lowest BCUT2D eigenvalue weighted by atomic mass is 9.84. The largest absolute Gasteiger partial charge is 0.507 e. The second kappa shape index (κ2) is 6.37. The highest BCUT2D eigenvalue weighted by Crippen LogP contribution is 2.49. The van der Waals surface area contributed by atoms with Crippen molar-refractivity contribution in [1.29, 1.82) is 0 Å². The Kier molecular flexibility index (Phi) is 4.36. The first-order valence-corrected chi connectivity index (χ1v) is 8.36. The third kappa shape index (κ3) is 3.22. The van der Waals surface area contributed by atoms with E-state index in [-0.39, 0.29) is 24.3 Å². The van der Waals surface area contributed by atoms with Crippen LogP contribution in [0.15, 0.2) is 30.3 Å². The minimum atomic E-state index is -0.990. The quantitative estimate of drug-likeness (QED) is 0.783. The lowest BCUT2D eigenvalue weighted by molar-refractivity contribution is -0.136. The second-order valence-electron chi connectivity index (χ2n) is 6.93. The Bertz CT molecular complexity index is 901. The van der Waals surface area contributed by atoms with Gasteiger partial charge in [-0.1, -0.05) is 23.8 Å². The number of fused-ring (bicyclic) bond motifs is 3. The van der Waals surface area contributed by atoms with E-state index in [0.29, 0.717) is 11.3 Å². The Balaban J connectivity index is 2.01. The maximum absolute atomic E-state index is 12.3. The van der Waals surface area contributed by atoms with Crippen LogP contribution in [0.4, 0.5) is 0 Å². The number of carboxylic acid groups (broad SMARTS) is 1. The third-order valence-corrected chi connectivity index (χ3v) is 4.43. The van der Waals surface area contributed by atoms with Crippen LogP contribution in [0, 0.1) is 6.92 Å². The van der Waals surface area contributed by atoms with Crippen molar-refractivity contribution in [2.75, 3.05) is 6.54 Å². The molecule has 2 aromatic carbocycles. The van der Waals surface area contributed by atoms with Crippen molar-refractivity contribution in [1.82, 2.24) is 5.32 Å². The summed E-state index contributed by atoms with van der Waals surface area (Å²) in [6.07, 6.45) is -0.168. The monoisotopic (exact) mass is 355 g/mol. The van der Waals surface area contributed by atoms with Gasteiger partial charge in [0.2, 0.25) is 0 Å². The summed E-state index contributed by atoms with van der Waals surface area (Å²) in [5, 5.41) is 21.7. The first kappa shape index (κ1) is 17.8. The summed E-state index contributed by atoms with van der Waals surface area (Å²) >= 11 is 0. The van der Waals surface area contributed by atoms with Crippen molar-refractivity contribution < 1.29 is 24.5 Å². The van der Waals surface area contributed by atoms with Gasteiger partial charge in [-0.3, -0.25) is 9.59 Å². The Morgan fingerprint density at radius 2 is 1.92 bits per heavy atom. The molecule has 6 nitrogen and oxygen atoms in total. The molecule has 0 fully saturated rings. The first-order chi connectivity index (χ1) is 12.2. The van der Waals surface area contributed by atoms with Gasteiger partial charge in [0.25, 0.3) is 5.91 Å². The summed E-state index contributed by atoms with van der Waals surface area (Å²) in [5.74, 6) is -1.07. The summed E-state index contributed by atoms with van der Waals surface area (Å²) in [4.78, 5) is 22.8. The standard InChI is InChI=1S/C20H21NO5/c1-11-4-5-14-13(8-11)18-15(22)9-12(10-16(18)26-20(14,2)3)19(25)21-7-6-17(23)24/h4-5,8-10,22H,6-7H2,1-3H3,(H,21,25)(H,23,24). The van der Waals surface area contributed by atoms with Crippen molar-refractivity contribution in [3.05, 3.63) is 47.0 Å². The fourth-order valence-electron chi connectivity index (χ4n) is 3.19. The number of ether oxygens (including phenoxy) is 1. The highest BCUT2D eigenvalue weighted by molar-refractivity contribution is 5.97. The number of nitrogens with one attached hydrogen (secondary N) is 1. The molecular weight excluding hydrogens is 334 g/mol. The zero-order valence-corrected chi connectivity index (χ0v) is 14.9. The van der Waals surface area contributed by atoms with Gasteiger partial charge in [0.1, 0.15) is 17.1 Å². The van der Waals surface area contributed by atoms with E-state index in [1.54, 1.807) is 6.07 Å². The van der Waals surface area contributed by atoms with Gasteiger partial charge in [-0.25, -0.2) is 0 Å². The molecule has 0 atom stereocenters. The number of hydrogen-bond acceptors (Lipinski definition) is 4. The molecule has 0 spiro atoms. The van der Waals surface area contributed by atoms with E-state index in [1.807, 2.05) is 39.0 Å². The molecule has 2 aromatic rings. The molecule has 3 rings (SSSR count). The molecule has 0 aromatic heterocycles. The van der Waals surface area contributed by atoms with E-state index in [2.05, 4.69) is 5.32 Å². The molecule has 0 saturated carbocycles. The zero-order valence-electron chi connectivity index (χ0n) is 14.9. The molecule has 1 aliphatic heterocycles. The Morgan fingerprint density at radius 1 is 1.19 bits per heavy atom. The average Bonchev–Trinajstić information content (AvgIpc) is 2.52. The Labute approximate surface area is 151 Å². The molecule has 0 bridgehead atoms. The second-order valence-corrected chi connectivity index (χ2v) is 6.93. The van der Waals surface area contributed by atoms with Crippen molar-refractivity contribution in [2.45, 2.75) is 32.8 Å². The summed E-state index contributed by atoms with van der Waals surface area (Å²) in [6.45, 7) is 5.85. The zero-order chi connectivity index (χ0) is 19.1. The number of carbonyl (C=O) groups is 2. The number of carbonyl (C=O) groups excluding carboxylic acids is 1. The van der Waals surface area contributed by atoms with Crippen LogP contribution < -0.4 is 10.1 Å². The lowest BCUT2D eigenvalue weighted by Gasteiger charge is -2.35.